The molecule has 0 aliphatic heterocycles. The van der Waals surface area contributed by atoms with Crippen molar-refractivity contribution in [2.75, 3.05) is 19.8 Å². The molecule has 0 aromatic rings. The first-order valence-corrected chi connectivity index (χ1v) is 2.51. The molecule has 0 aromatic carbocycles. The Morgan fingerprint density at radius 3 is 1.44 bits per heavy atom. The predicted molar refractivity (Wildman–Crippen MR) is 31.9 cm³/mol. The second kappa shape index (κ2) is 10.5. The first kappa shape index (κ1) is 11.4. The van der Waals surface area contributed by atoms with E-state index in [1.54, 1.807) is 0 Å². The van der Waals surface area contributed by atoms with Crippen molar-refractivity contribution in [2.45, 2.75) is 6.92 Å². The number of hydrogen-bond donors (Lipinski definition) is 3. The zero-order valence-corrected chi connectivity index (χ0v) is 5.37. The fourth-order valence-electron chi connectivity index (χ4n) is 0. The minimum absolute atomic E-state index is 0.125. The molecule has 0 spiro atoms. The number of carbonyl (C=O) groups is 1. The van der Waals surface area contributed by atoms with Crippen LogP contribution in [0.1, 0.15) is 6.92 Å². The highest BCUT2D eigenvalue weighted by molar-refractivity contribution is 5.76. The lowest BCUT2D eigenvalue weighted by molar-refractivity contribution is -0.119. The Kier molecular flexibility index (Phi) is 13.3. The first-order chi connectivity index (χ1) is 4.18. The summed E-state index contributed by atoms with van der Waals surface area (Å²) in [6, 6.07) is 0. The number of ketones is 1. The summed E-state index contributed by atoms with van der Waals surface area (Å²) in [5, 5.41) is 23.0. The Morgan fingerprint density at radius 2 is 1.44 bits per heavy atom. The molecule has 0 radical (unpaired) electrons. The van der Waals surface area contributed by atoms with Crippen LogP contribution < -0.4 is 0 Å². The normalized spacial score (nSPS) is 7.56. The molecule has 0 aliphatic rings. The summed E-state index contributed by atoms with van der Waals surface area (Å²) in [6.07, 6.45) is 0. The first-order valence-electron chi connectivity index (χ1n) is 2.51. The van der Waals surface area contributed by atoms with Crippen LogP contribution in [-0.4, -0.2) is 40.9 Å². The van der Waals surface area contributed by atoms with Gasteiger partial charge >= 0.3 is 0 Å². The van der Waals surface area contributed by atoms with Crippen LogP contribution in [0.3, 0.4) is 0 Å². The molecule has 0 bridgehead atoms. The zero-order valence-electron chi connectivity index (χ0n) is 5.37. The van der Waals surface area contributed by atoms with Crippen LogP contribution in [0.4, 0.5) is 0 Å². The Balaban J connectivity index is 0. The van der Waals surface area contributed by atoms with Crippen LogP contribution in [0.2, 0.25) is 0 Å². The van der Waals surface area contributed by atoms with Crippen molar-refractivity contribution < 1.29 is 20.1 Å². The lowest BCUT2D eigenvalue weighted by atomic mass is 10.5. The van der Waals surface area contributed by atoms with Gasteiger partial charge in [-0.2, -0.15) is 0 Å². The van der Waals surface area contributed by atoms with Crippen molar-refractivity contribution in [3.05, 3.63) is 0 Å². The van der Waals surface area contributed by atoms with Crippen molar-refractivity contribution in [1.82, 2.24) is 0 Å². The molecule has 3 N–H and O–H groups in total. The van der Waals surface area contributed by atoms with Gasteiger partial charge in [0.25, 0.3) is 0 Å². The quantitative estimate of drug-likeness (QED) is 0.433. The molecule has 0 aliphatic carbocycles. The second-order valence-corrected chi connectivity index (χ2v) is 1.31. The Labute approximate surface area is 53.7 Å². The van der Waals surface area contributed by atoms with Gasteiger partial charge in [-0.25, -0.2) is 0 Å². The average molecular weight is 136 g/mol. The van der Waals surface area contributed by atoms with E-state index in [0.717, 1.165) is 0 Å². The lowest BCUT2D eigenvalue weighted by Gasteiger charge is -1.72. The molecule has 0 atom stereocenters. The fourth-order valence-corrected chi connectivity index (χ4v) is 0. The molecule has 0 aromatic heterocycles. The summed E-state index contributed by atoms with van der Waals surface area (Å²) in [5.74, 6) is -0.190. The maximum Gasteiger partial charge on any atom is 0.155 e. The smallest absolute Gasteiger partial charge is 0.155 e. The van der Waals surface area contributed by atoms with Crippen LogP contribution in [-0.2, 0) is 4.79 Å². The Hall–Kier alpha value is -0.450. The minimum Gasteiger partial charge on any atom is -0.394 e. The van der Waals surface area contributed by atoms with Gasteiger partial charge in [0.15, 0.2) is 5.78 Å². The number of aliphatic hydroxyl groups excluding tert-OH is 3. The average Bonchev–Trinajstić information content (AvgIpc) is 1.89. The van der Waals surface area contributed by atoms with Crippen molar-refractivity contribution in [3.8, 4) is 0 Å². The van der Waals surface area contributed by atoms with Crippen LogP contribution in [0.5, 0.6) is 0 Å². The van der Waals surface area contributed by atoms with Crippen LogP contribution >= 0.6 is 0 Å². The molecule has 4 heteroatoms. The van der Waals surface area contributed by atoms with Crippen molar-refractivity contribution >= 4 is 5.78 Å². The summed E-state index contributed by atoms with van der Waals surface area (Å²) >= 11 is 0. The molecule has 0 amide bonds. The molecule has 4 nitrogen and oxygen atoms in total. The van der Waals surface area contributed by atoms with Crippen molar-refractivity contribution in [1.29, 1.82) is 0 Å². The highest BCUT2D eigenvalue weighted by Crippen LogP contribution is 1.55. The number of rotatable bonds is 2. The van der Waals surface area contributed by atoms with Gasteiger partial charge < -0.3 is 15.3 Å². The minimum atomic E-state index is -0.333. The van der Waals surface area contributed by atoms with Gasteiger partial charge in [-0.1, -0.05) is 0 Å². The van der Waals surface area contributed by atoms with Gasteiger partial charge in [0.05, 0.1) is 13.2 Å². The van der Waals surface area contributed by atoms with E-state index in [1.807, 2.05) is 0 Å². The monoisotopic (exact) mass is 136 g/mol. The number of aliphatic hydroxyl groups is 3. The van der Waals surface area contributed by atoms with Gasteiger partial charge in [0, 0.05) is 0 Å². The van der Waals surface area contributed by atoms with E-state index in [2.05, 4.69) is 0 Å². The van der Waals surface area contributed by atoms with Crippen LogP contribution in [0.15, 0.2) is 0 Å². The summed E-state index contributed by atoms with van der Waals surface area (Å²) < 4.78 is 0. The number of carbonyl (C=O) groups excluding carboxylic acids is 1. The molecule has 0 heterocycles. The van der Waals surface area contributed by atoms with E-state index in [-0.39, 0.29) is 25.6 Å². The predicted octanol–water partition coefficient (Wildman–Crippen LogP) is -1.46. The highest BCUT2D eigenvalue weighted by Gasteiger charge is 1.78. The van der Waals surface area contributed by atoms with E-state index in [4.69, 9.17) is 15.3 Å². The fraction of sp³-hybridized carbons (Fsp3) is 0.800. The van der Waals surface area contributed by atoms with E-state index in [9.17, 15) is 4.79 Å². The third-order valence-electron chi connectivity index (χ3n) is 0.323. The largest absolute Gasteiger partial charge is 0.394 e. The third kappa shape index (κ3) is 35.8. The van der Waals surface area contributed by atoms with Crippen LogP contribution in [0.25, 0.3) is 0 Å². The third-order valence-corrected chi connectivity index (χ3v) is 0.323. The van der Waals surface area contributed by atoms with E-state index >= 15 is 0 Å². The molecular formula is C5H12O4. The number of hydrogen-bond acceptors (Lipinski definition) is 4. The summed E-state index contributed by atoms with van der Waals surface area (Å²) in [5.41, 5.74) is 0. The van der Waals surface area contributed by atoms with Gasteiger partial charge in [0.2, 0.25) is 0 Å². The molecule has 56 valence electrons. The number of Topliss-reactive ketones (excluding diaryl/α,β-unsaturated/α-hetero) is 1. The molecule has 0 fully saturated rings. The summed E-state index contributed by atoms with van der Waals surface area (Å²) in [7, 11) is 0. The summed E-state index contributed by atoms with van der Waals surface area (Å²) in [6.45, 7) is 0.750. The Morgan fingerprint density at radius 1 is 1.22 bits per heavy atom. The topological polar surface area (TPSA) is 77.8 Å². The van der Waals surface area contributed by atoms with E-state index in [0.29, 0.717) is 0 Å². The van der Waals surface area contributed by atoms with Crippen molar-refractivity contribution in [2.24, 2.45) is 0 Å². The standard InChI is InChI=1S/C3H6O2.C2H6O2/c1-3(5)2-4;3-1-2-4/h4H,2H2,1H3;3-4H,1-2H2. The lowest BCUT2D eigenvalue weighted by Crippen LogP contribution is -1.93. The molecule has 0 unspecified atom stereocenters. The maximum absolute atomic E-state index is 9.56. The molecule has 0 rings (SSSR count). The van der Waals surface area contributed by atoms with Gasteiger partial charge in [-0.15, -0.1) is 0 Å². The van der Waals surface area contributed by atoms with Crippen LogP contribution in [0, 0.1) is 0 Å². The summed E-state index contributed by atoms with van der Waals surface area (Å²) in [4.78, 5) is 9.56. The van der Waals surface area contributed by atoms with Gasteiger partial charge in [-0.05, 0) is 6.92 Å². The second-order valence-electron chi connectivity index (χ2n) is 1.31. The van der Waals surface area contributed by atoms with Gasteiger partial charge in [-0.3, -0.25) is 4.79 Å². The maximum atomic E-state index is 9.56. The van der Waals surface area contributed by atoms with E-state index in [1.165, 1.54) is 6.92 Å². The zero-order chi connectivity index (χ0) is 7.70. The molecule has 0 saturated carbocycles. The van der Waals surface area contributed by atoms with E-state index < -0.39 is 0 Å². The van der Waals surface area contributed by atoms with Gasteiger partial charge in [0.1, 0.15) is 6.61 Å². The molecule has 9 heavy (non-hydrogen) atoms. The Bertz CT molecular complexity index is 60.0. The highest BCUT2D eigenvalue weighted by atomic mass is 16.3. The van der Waals surface area contributed by atoms with Crippen molar-refractivity contribution in [3.63, 3.8) is 0 Å². The molecular weight excluding hydrogens is 124 g/mol. The SMILES string of the molecule is CC(=O)CO.OCCO. The molecule has 0 saturated heterocycles.